The van der Waals surface area contributed by atoms with E-state index in [0.717, 1.165) is 5.92 Å². The normalized spacial score (nSPS) is 18.7. The van der Waals surface area contributed by atoms with Crippen molar-refractivity contribution in [3.63, 3.8) is 0 Å². The van der Waals surface area contributed by atoms with Gasteiger partial charge in [-0.3, -0.25) is 0 Å². The molecule has 1 rings (SSSR count). The summed E-state index contributed by atoms with van der Waals surface area (Å²) in [5, 5.41) is 3.39. The molecule has 0 amide bonds. The third-order valence-corrected chi connectivity index (χ3v) is 2.99. The summed E-state index contributed by atoms with van der Waals surface area (Å²) in [5.41, 5.74) is 1.45. The molecule has 0 spiro atoms. The quantitative estimate of drug-likeness (QED) is 0.751. The lowest BCUT2D eigenvalue weighted by atomic mass is 10.0. The largest absolute Gasteiger partial charge is 0.314 e. The average molecular weight is 247 g/mol. The van der Waals surface area contributed by atoms with Gasteiger partial charge >= 0.3 is 0 Å². The molecule has 0 saturated carbocycles. The molecule has 3 heteroatoms. The summed E-state index contributed by atoms with van der Waals surface area (Å²) in [6.07, 6.45) is 4.93. The third kappa shape index (κ3) is 7.26. The summed E-state index contributed by atoms with van der Waals surface area (Å²) in [4.78, 5) is 2.59. The SMILES string of the molecule is CC(C)=CCCC(C)CN1CCNCC1.Cl. The molecule has 1 N–H and O–H groups in total. The van der Waals surface area contributed by atoms with Gasteiger partial charge in [0.15, 0.2) is 0 Å². The molecule has 96 valence electrons. The molecule has 0 aromatic rings. The van der Waals surface area contributed by atoms with Crippen molar-refractivity contribution in [3.05, 3.63) is 11.6 Å². The van der Waals surface area contributed by atoms with Gasteiger partial charge in [-0.05, 0) is 32.6 Å². The molecule has 0 aliphatic carbocycles. The predicted octanol–water partition coefficient (Wildman–Crippen LogP) is 2.70. The van der Waals surface area contributed by atoms with Crippen LogP contribution in [0.1, 0.15) is 33.6 Å². The summed E-state index contributed by atoms with van der Waals surface area (Å²) in [5.74, 6) is 0.832. The van der Waals surface area contributed by atoms with E-state index in [1.165, 1.54) is 51.1 Å². The van der Waals surface area contributed by atoms with Gasteiger partial charge in [-0.1, -0.05) is 18.6 Å². The van der Waals surface area contributed by atoms with Gasteiger partial charge < -0.3 is 10.2 Å². The van der Waals surface area contributed by atoms with Gasteiger partial charge in [-0.2, -0.15) is 0 Å². The maximum Gasteiger partial charge on any atom is 0.0107 e. The van der Waals surface area contributed by atoms with E-state index in [1.54, 1.807) is 0 Å². The Morgan fingerprint density at radius 3 is 2.50 bits per heavy atom. The predicted molar refractivity (Wildman–Crippen MR) is 74.4 cm³/mol. The van der Waals surface area contributed by atoms with Crippen molar-refractivity contribution in [2.24, 2.45) is 5.92 Å². The molecule has 2 nitrogen and oxygen atoms in total. The van der Waals surface area contributed by atoms with E-state index >= 15 is 0 Å². The number of piperazine rings is 1. The maximum atomic E-state index is 3.39. The minimum atomic E-state index is 0. The summed E-state index contributed by atoms with van der Waals surface area (Å²) in [6.45, 7) is 12.8. The Bertz CT molecular complexity index is 194. The molecule has 1 atom stereocenters. The molecule has 1 aliphatic heterocycles. The van der Waals surface area contributed by atoms with Gasteiger partial charge in [0.1, 0.15) is 0 Å². The second-order valence-corrected chi connectivity index (χ2v) is 5.01. The molecule has 0 bridgehead atoms. The first-order chi connectivity index (χ1) is 7.18. The minimum Gasteiger partial charge on any atom is -0.314 e. The molecule has 0 aromatic heterocycles. The average Bonchev–Trinajstić information content (AvgIpc) is 2.18. The van der Waals surface area contributed by atoms with Crippen LogP contribution in [0.5, 0.6) is 0 Å². The Hall–Kier alpha value is -0.0500. The van der Waals surface area contributed by atoms with E-state index in [-0.39, 0.29) is 12.4 Å². The fraction of sp³-hybridized carbons (Fsp3) is 0.846. The third-order valence-electron chi connectivity index (χ3n) is 2.99. The van der Waals surface area contributed by atoms with Gasteiger partial charge in [0.05, 0.1) is 0 Å². The van der Waals surface area contributed by atoms with Crippen LogP contribution >= 0.6 is 12.4 Å². The van der Waals surface area contributed by atoms with E-state index in [1.807, 2.05) is 0 Å². The highest BCUT2D eigenvalue weighted by molar-refractivity contribution is 5.85. The molecule has 0 radical (unpaired) electrons. The summed E-state index contributed by atoms with van der Waals surface area (Å²) < 4.78 is 0. The van der Waals surface area contributed by atoms with Crippen LogP contribution < -0.4 is 5.32 Å². The first-order valence-corrected chi connectivity index (χ1v) is 6.25. The fourth-order valence-electron chi connectivity index (χ4n) is 2.08. The first-order valence-electron chi connectivity index (χ1n) is 6.25. The molecule has 1 saturated heterocycles. The van der Waals surface area contributed by atoms with Gasteiger partial charge in [-0.15, -0.1) is 12.4 Å². The zero-order valence-electron chi connectivity index (χ0n) is 11.0. The molecular weight excluding hydrogens is 220 g/mol. The number of nitrogens with one attached hydrogen (secondary N) is 1. The van der Waals surface area contributed by atoms with Crippen LogP contribution in [0.4, 0.5) is 0 Å². The summed E-state index contributed by atoms with van der Waals surface area (Å²) in [7, 11) is 0. The zero-order chi connectivity index (χ0) is 11.1. The Kier molecular flexibility index (Phi) is 9.00. The topological polar surface area (TPSA) is 15.3 Å². The molecule has 0 aromatic carbocycles. The van der Waals surface area contributed by atoms with Gasteiger partial charge in [-0.25, -0.2) is 0 Å². The van der Waals surface area contributed by atoms with Crippen LogP contribution in [-0.2, 0) is 0 Å². The number of rotatable bonds is 5. The Morgan fingerprint density at radius 1 is 1.31 bits per heavy atom. The van der Waals surface area contributed by atoms with E-state index in [0.29, 0.717) is 0 Å². The van der Waals surface area contributed by atoms with Gasteiger partial charge in [0.25, 0.3) is 0 Å². The standard InChI is InChI=1S/C13H26N2.ClH/c1-12(2)5-4-6-13(3)11-15-9-7-14-8-10-15;/h5,13-14H,4,6-11H2,1-3H3;1H. The number of halogens is 1. The second kappa shape index (κ2) is 9.03. The first kappa shape index (κ1) is 16.0. The maximum absolute atomic E-state index is 3.39. The van der Waals surface area contributed by atoms with E-state index < -0.39 is 0 Å². The van der Waals surface area contributed by atoms with Crippen LogP contribution in [0.3, 0.4) is 0 Å². The van der Waals surface area contributed by atoms with Crippen molar-refractivity contribution in [1.82, 2.24) is 10.2 Å². The molecule has 1 fully saturated rings. The smallest absolute Gasteiger partial charge is 0.0107 e. The van der Waals surface area contributed by atoms with Crippen molar-refractivity contribution < 1.29 is 0 Å². The Labute approximate surface area is 107 Å². The van der Waals surface area contributed by atoms with Gasteiger partial charge in [0, 0.05) is 32.7 Å². The monoisotopic (exact) mass is 246 g/mol. The van der Waals surface area contributed by atoms with Crippen LogP contribution in [-0.4, -0.2) is 37.6 Å². The van der Waals surface area contributed by atoms with Gasteiger partial charge in [0.2, 0.25) is 0 Å². The number of hydrogen-bond donors (Lipinski definition) is 1. The van der Waals surface area contributed by atoms with Crippen LogP contribution in [0.15, 0.2) is 11.6 Å². The van der Waals surface area contributed by atoms with E-state index in [4.69, 9.17) is 0 Å². The summed E-state index contributed by atoms with van der Waals surface area (Å²) in [6, 6.07) is 0. The molecule has 16 heavy (non-hydrogen) atoms. The highest BCUT2D eigenvalue weighted by Crippen LogP contribution is 2.10. The number of nitrogens with zero attached hydrogens (tertiary/aromatic N) is 1. The molecular formula is C13H27ClN2. The lowest BCUT2D eigenvalue weighted by Gasteiger charge is -2.29. The summed E-state index contributed by atoms with van der Waals surface area (Å²) >= 11 is 0. The van der Waals surface area contributed by atoms with E-state index in [9.17, 15) is 0 Å². The number of hydrogen-bond acceptors (Lipinski definition) is 2. The minimum absolute atomic E-state index is 0. The molecule has 1 unspecified atom stereocenters. The highest BCUT2D eigenvalue weighted by Gasteiger charge is 2.12. The van der Waals surface area contributed by atoms with Crippen LogP contribution in [0.25, 0.3) is 0 Å². The molecule has 1 aliphatic rings. The van der Waals surface area contributed by atoms with Crippen LogP contribution in [0.2, 0.25) is 0 Å². The van der Waals surface area contributed by atoms with Crippen molar-refractivity contribution in [3.8, 4) is 0 Å². The zero-order valence-corrected chi connectivity index (χ0v) is 11.8. The molecule has 1 heterocycles. The Balaban J connectivity index is 0.00000225. The van der Waals surface area contributed by atoms with Crippen molar-refractivity contribution in [2.45, 2.75) is 33.6 Å². The Morgan fingerprint density at radius 2 is 1.94 bits per heavy atom. The highest BCUT2D eigenvalue weighted by atomic mass is 35.5. The lowest BCUT2D eigenvalue weighted by Crippen LogP contribution is -2.45. The fourth-order valence-corrected chi connectivity index (χ4v) is 2.08. The van der Waals surface area contributed by atoms with Crippen molar-refractivity contribution >= 4 is 12.4 Å². The number of allylic oxidation sites excluding steroid dienone is 2. The van der Waals surface area contributed by atoms with Crippen molar-refractivity contribution in [1.29, 1.82) is 0 Å². The second-order valence-electron chi connectivity index (χ2n) is 5.01. The van der Waals surface area contributed by atoms with Crippen molar-refractivity contribution in [2.75, 3.05) is 32.7 Å². The lowest BCUT2D eigenvalue weighted by molar-refractivity contribution is 0.207. The van der Waals surface area contributed by atoms with Crippen LogP contribution in [0, 0.1) is 5.92 Å². The van der Waals surface area contributed by atoms with E-state index in [2.05, 4.69) is 37.1 Å².